The van der Waals surface area contributed by atoms with Crippen LogP contribution in [0.3, 0.4) is 0 Å². The first kappa shape index (κ1) is 16.7. The van der Waals surface area contributed by atoms with Gasteiger partial charge in [0.1, 0.15) is 0 Å². The zero-order chi connectivity index (χ0) is 16.1. The molecule has 22 heavy (non-hydrogen) atoms. The fourth-order valence-electron chi connectivity index (χ4n) is 3.12. The zero-order valence-corrected chi connectivity index (χ0v) is 13.4. The van der Waals surface area contributed by atoms with Crippen LogP contribution in [-0.4, -0.2) is 40.9 Å². The standard InChI is InChI=1S/C18H25NO3/c1-13-6-8-15(9-7-13)18(22)16(11-17(20)21)12-19-10-4-3-5-14(19)2/h6-9,14,16H,3-5,10-12H2,1-2H3,(H,20,21). The number of nitrogens with zero attached hydrogens (tertiary/aromatic N) is 1. The number of ketones is 1. The van der Waals surface area contributed by atoms with Crippen molar-refractivity contribution in [2.24, 2.45) is 5.92 Å². The van der Waals surface area contributed by atoms with Gasteiger partial charge in [-0.3, -0.25) is 14.5 Å². The average Bonchev–Trinajstić information content (AvgIpc) is 2.48. The van der Waals surface area contributed by atoms with Crippen LogP contribution in [0.5, 0.6) is 0 Å². The van der Waals surface area contributed by atoms with Crippen LogP contribution in [0.1, 0.15) is 48.5 Å². The third-order valence-electron chi connectivity index (χ3n) is 4.52. The Morgan fingerprint density at radius 3 is 2.55 bits per heavy atom. The van der Waals surface area contributed by atoms with Gasteiger partial charge in [-0.1, -0.05) is 36.2 Å². The number of rotatable bonds is 6. The minimum absolute atomic E-state index is 0.0554. The first-order chi connectivity index (χ1) is 10.5. The van der Waals surface area contributed by atoms with Crippen molar-refractivity contribution in [1.82, 2.24) is 4.90 Å². The molecular weight excluding hydrogens is 278 g/mol. The summed E-state index contributed by atoms with van der Waals surface area (Å²) in [6.45, 7) is 5.63. The van der Waals surface area contributed by atoms with E-state index in [9.17, 15) is 9.59 Å². The van der Waals surface area contributed by atoms with Gasteiger partial charge in [-0.15, -0.1) is 0 Å². The number of hydrogen-bond acceptors (Lipinski definition) is 3. The predicted octanol–water partition coefficient (Wildman–Crippen LogP) is 3.14. The molecule has 4 heteroatoms. The second kappa shape index (κ2) is 7.54. The topological polar surface area (TPSA) is 57.6 Å². The molecular formula is C18H25NO3. The quantitative estimate of drug-likeness (QED) is 0.820. The van der Waals surface area contributed by atoms with E-state index in [0.717, 1.165) is 24.9 Å². The minimum Gasteiger partial charge on any atom is -0.481 e. The number of carboxylic acid groups (broad SMARTS) is 1. The van der Waals surface area contributed by atoms with Gasteiger partial charge >= 0.3 is 5.97 Å². The van der Waals surface area contributed by atoms with Gasteiger partial charge in [0.15, 0.2) is 5.78 Å². The molecule has 1 N–H and O–H groups in total. The second-order valence-corrected chi connectivity index (χ2v) is 6.36. The van der Waals surface area contributed by atoms with Crippen LogP contribution in [0.4, 0.5) is 0 Å². The van der Waals surface area contributed by atoms with Crippen molar-refractivity contribution in [3.63, 3.8) is 0 Å². The Bertz CT molecular complexity index is 524. The maximum Gasteiger partial charge on any atom is 0.304 e. The number of carbonyl (C=O) groups is 2. The van der Waals surface area contributed by atoms with Crippen molar-refractivity contribution in [3.8, 4) is 0 Å². The van der Waals surface area contributed by atoms with Crippen molar-refractivity contribution in [1.29, 1.82) is 0 Å². The molecule has 2 atom stereocenters. The fraction of sp³-hybridized carbons (Fsp3) is 0.556. The van der Waals surface area contributed by atoms with Gasteiger partial charge < -0.3 is 5.11 Å². The summed E-state index contributed by atoms with van der Waals surface area (Å²) in [5.41, 5.74) is 1.71. The molecule has 0 aromatic heterocycles. The van der Waals surface area contributed by atoms with E-state index in [1.165, 1.54) is 6.42 Å². The lowest BCUT2D eigenvalue weighted by atomic mass is 9.92. The summed E-state index contributed by atoms with van der Waals surface area (Å²) < 4.78 is 0. The highest BCUT2D eigenvalue weighted by Gasteiger charge is 2.28. The number of piperidine rings is 1. The number of carbonyl (C=O) groups excluding carboxylic acids is 1. The molecule has 2 unspecified atom stereocenters. The first-order valence-corrected chi connectivity index (χ1v) is 8.04. The molecule has 1 fully saturated rings. The molecule has 0 saturated carbocycles. The van der Waals surface area contributed by atoms with E-state index < -0.39 is 11.9 Å². The maximum atomic E-state index is 12.7. The molecule has 1 aromatic rings. The van der Waals surface area contributed by atoms with Gasteiger partial charge in [0.25, 0.3) is 0 Å². The highest BCUT2D eigenvalue weighted by Crippen LogP contribution is 2.21. The molecule has 0 spiro atoms. The van der Waals surface area contributed by atoms with E-state index >= 15 is 0 Å². The van der Waals surface area contributed by atoms with E-state index in [1.54, 1.807) is 12.1 Å². The minimum atomic E-state index is -0.907. The van der Waals surface area contributed by atoms with Gasteiger partial charge in [-0.2, -0.15) is 0 Å². The van der Waals surface area contributed by atoms with Crippen LogP contribution in [0.25, 0.3) is 0 Å². The van der Waals surface area contributed by atoms with Gasteiger partial charge in [0, 0.05) is 24.1 Å². The lowest BCUT2D eigenvalue weighted by Gasteiger charge is -2.35. The van der Waals surface area contributed by atoms with Gasteiger partial charge in [-0.25, -0.2) is 0 Å². The molecule has 1 aliphatic rings. The van der Waals surface area contributed by atoms with Gasteiger partial charge in [0.2, 0.25) is 0 Å². The third kappa shape index (κ3) is 4.41. The normalized spacial score (nSPS) is 20.5. The molecule has 0 amide bonds. The lowest BCUT2D eigenvalue weighted by Crippen LogP contribution is -2.42. The number of hydrogen-bond donors (Lipinski definition) is 1. The summed E-state index contributed by atoms with van der Waals surface area (Å²) in [5.74, 6) is -1.43. The van der Waals surface area contributed by atoms with Crippen molar-refractivity contribution < 1.29 is 14.7 Å². The van der Waals surface area contributed by atoms with E-state index in [2.05, 4.69) is 11.8 Å². The van der Waals surface area contributed by atoms with Crippen LogP contribution in [0.15, 0.2) is 24.3 Å². The second-order valence-electron chi connectivity index (χ2n) is 6.36. The van der Waals surface area contributed by atoms with E-state index in [-0.39, 0.29) is 12.2 Å². The summed E-state index contributed by atoms with van der Waals surface area (Å²) >= 11 is 0. The largest absolute Gasteiger partial charge is 0.481 e. The molecule has 120 valence electrons. The van der Waals surface area contributed by atoms with Crippen LogP contribution >= 0.6 is 0 Å². The summed E-state index contributed by atoms with van der Waals surface area (Å²) in [6, 6.07) is 7.82. The molecule has 0 bridgehead atoms. The van der Waals surface area contributed by atoms with Crippen LogP contribution in [-0.2, 0) is 4.79 Å². The number of likely N-dealkylation sites (tertiary alicyclic amines) is 1. The van der Waals surface area contributed by atoms with Crippen LogP contribution in [0, 0.1) is 12.8 Å². The monoisotopic (exact) mass is 303 g/mol. The SMILES string of the molecule is Cc1ccc(C(=O)C(CC(=O)O)CN2CCCCC2C)cc1. The molecule has 1 aromatic carbocycles. The third-order valence-corrected chi connectivity index (χ3v) is 4.52. The Hall–Kier alpha value is -1.68. The molecule has 1 aliphatic heterocycles. The Kier molecular flexibility index (Phi) is 5.72. The van der Waals surface area contributed by atoms with Crippen molar-refractivity contribution in [3.05, 3.63) is 35.4 Å². The molecule has 1 saturated heterocycles. The van der Waals surface area contributed by atoms with Crippen LogP contribution in [0.2, 0.25) is 0 Å². The fourth-order valence-corrected chi connectivity index (χ4v) is 3.12. The van der Waals surface area contributed by atoms with Gasteiger partial charge in [-0.05, 0) is 33.2 Å². The van der Waals surface area contributed by atoms with Crippen LogP contribution < -0.4 is 0 Å². The number of aliphatic carboxylic acids is 1. The van der Waals surface area contributed by atoms with E-state index in [4.69, 9.17) is 5.11 Å². The summed E-state index contributed by atoms with van der Waals surface area (Å²) in [7, 11) is 0. The molecule has 0 radical (unpaired) electrons. The number of Topliss-reactive ketones (excluding diaryl/α,β-unsaturated/α-hetero) is 1. The van der Waals surface area contributed by atoms with E-state index in [0.29, 0.717) is 18.2 Å². The number of carboxylic acids is 1. The highest BCUT2D eigenvalue weighted by atomic mass is 16.4. The number of aryl methyl sites for hydroxylation is 1. The summed E-state index contributed by atoms with van der Waals surface area (Å²) in [4.78, 5) is 26.1. The molecule has 1 heterocycles. The summed E-state index contributed by atoms with van der Waals surface area (Å²) in [6.07, 6.45) is 3.37. The average molecular weight is 303 g/mol. The molecule has 4 nitrogen and oxygen atoms in total. The van der Waals surface area contributed by atoms with Crippen molar-refractivity contribution in [2.75, 3.05) is 13.1 Å². The lowest BCUT2D eigenvalue weighted by molar-refractivity contribution is -0.138. The van der Waals surface area contributed by atoms with Crippen molar-refractivity contribution >= 4 is 11.8 Å². The first-order valence-electron chi connectivity index (χ1n) is 8.04. The van der Waals surface area contributed by atoms with Crippen molar-refractivity contribution in [2.45, 2.75) is 45.6 Å². The Labute approximate surface area is 132 Å². The number of benzene rings is 1. The molecule has 2 rings (SSSR count). The summed E-state index contributed by atoms with van der Waals surface area (Å²) in [5, 5.41) is 9.15. The predicted molar refractivity (Wildman–Crippen MR) is 86.1 cm³/mol. The van der Waals surface area contributed by atoms with Gasteiger partial charge in [0.05, 0.1) is 6.42 Å². The Balaban J connectivity index is 2.12. The zero-order valence-electron chi connectivity index (χ0n) is 13.4. The maximum absolute atomic E-state index is 12.7. The Morgan fingerprint density at radius 1 is 1.27 bits per heavy atom. The van der Waals surface area contributed by atoms with E-state index in [1.807, 2.05) is 19.1 Å². The highest BCUT2D eigenvalue weighted by molar-refractivity contribution is 5.99. The molecule has 0 aliphatic carbocycles. The smallest absolute Gasteiger partial charge is 0.304 e. The Morgan fingerprint density at radius 2 is 1.95 bits per heavy atom.